The summed E-state index contributed by atoms with van der Waals surface area (Å²) in [5.41, 5.74) is 0.505. The number of aromatic nitrogens is 2. The van der Waals surface area contributed by atoms with Gasteiger partial charge in [-0.25, -0.2) is 4.39 Å². The summed E-state index contributed by atoms with van der Waals surface area (Å²) in [6.45, 7) is 0. The van der Waals surface area contributed by atoms with E-state index in [9.17, 15) is 14.0 Å². The van der Waals surface area contributed by atoms with Crippen LogP contribution in [0.15, 0.2) is 18.2 Å². The van der Waals surface area contributed by atoms with Crippen LogP contribution in [0.4, 0.5) is 10.2 Å². The molecule has 2 amide bonds. The minimum absolute atomic E-state index is 0.138. The van der Waals surface area contributed by atoms with E-state index in [4.69, 9.17) is 0 Å². The molecule has 3 rings (SSSR count). The van der Waals surface area contributed by atoms with Gasteiger partial charge in [0.25, 0.3) is 0 Å². The molecular formula is C12H11FN4O2. The fourth-order valence-corrected chi connectivity index (χ4v) is 2.14. The Morgan fingerprint density at radius 2 is 2.32 bits per heavy atom. The molecule has 0 saturated carbocycles. The average Bonchev–Trinajstić information content (AvgIpc) is 2.97. The highest BCUT2D eigenvalue weighted by atomic mass is 19.1. The van der Waals surface area contributed by atoms with Crippen molar-refractivity contribution >= 4 is 28.5 Å². The van der Waals surface area contributed by atoms with Crippen LogP contribution in [0.1, 0.15) is 12.8 Å². The highest BCUT2D eigenvalue weighted by Gasteiger charge is 2.28. The summed E-state index contributed by atoms with van der Waals surface area (Å²) in [4.78, 5) is 23.0. The van der Waals surface area contributed by atoms with Gasteiger partial charge in [0.15, 0.2) is 5.82 Å². The average molecular weight is 262 g/mol. The lowest BCUT2D eigenvalue weighted by Gasteiger charge is -2.09. The molecule has 19 heavy (non-hydrogen) atoms. The van der Waals surface area contributed by atoms with Crippen molar-refractivity contribution in [3.05, 3.63) is 24.0 Å². The number of carbonyl (C=O) groups is 2. The molecule has 98 valence electrons. The van der Waals surface area contributed by atoms with Crippen molar-refractivity contribution in [2.24, 2.45) is 0 Å². The SMILES string of the molecule is O=C1CCC(C(=O)Nc2n[nH]c3cccc(F)c23)N1. The fourth-order valence-electron chi connectivity index (χ4n) is 2.14. The predicted octanol–water partition coefficient (Wildman–Crippen LogP) is 0.919. The van der Waals surface area contributed by atoms with E-state index in [1.54, 1.807) is 12.1 Å². The van der Waals surface area contributed by atoms with Gasteiger partial charge in [0.05, 0.1) is 10.9 Å². The minimum Gasteiger partial charge on any atom is -0.344 e. The van der Waals surface area contributed by atoms with Crippen molar-refractivity contribution in [2.45, 2.75) is 18.9 Å². The summed E-state index contributed by atoms with van der Waals surface area (Å²) in [5.74, 6) is -0.864. The van der Waals surface area contributed by atoms with Gasteiger partial charge in [0, 0.05) is 6.42 Å². The number of rotatable bonds is 2. The number of hydrogen-bond donors (Lipinski definition) is 3. The molecule has 0 spiro atoms. The molecular weight excluding hydrogens is 251 g/mol. The Bertz CT molecular complexity index is 667. The number of nitrogens with zero attached hydrogens (tertiary/aromatic N) is 1. The number of fused-ring (bicyclic) bond motifs is 1. The van der Waals surface area contributed by atoms with Gasteiger partial charge in [-0.05, 0) is 18.6 Å². The minimum atomic E-state index is -0.578. The van der Waals surface area contributed by atoms with Crippen LogP contribution in [0.25, 0.3) is 10.9 Å². The van der Waals surface area contributed by atoms with Gasteiger partial charge >= 0.3 is 0 Å². The maximum absolute atomic E-state index is 13.7. The Morgan fingerprint density at radius 3 is 3.05 bits per heavy atom. The maximum atomic E-state index is 13.7. The Morgan fingerprint density at radius 1 is 1.47 bits per heavy atom. The fraction of sp³-hybridized carbons (Fsp3) is 0.250. The summed E-state index contributed by atoms with van der Waals surface area (Å²) in [6.07, 6.45) is 0.767. The van der Waals surface area contributed by atoms with Crippen LogP contribution < -0.4 is 10.6 Å². The highest BCUT2D eigenvalue weighted by Crippen LogP contribution is 2.23. The number of carbonyl (C=O) groups excluding carboxylic acids is 2. The predicted molar refractivity (Wildman–Crippen MR) is 65.8 cm³/mol. The van der Waals surface area contributed by atoms with Gasteiger partial charge in [-0.3, -0.25) is 14.7 Å². The zero-order chi connectivity index (χ0) is 13.4. The highest BCUT2D eigenvalue weighted by molar-refractivity contribution is 6.03. The first-order valence-corrected chi connectivity index (χ1v) is 5.88. The third-order valence-corrected chi connectivity index (χ3v) is 3.09. The summed E-state index contributed by atoms with van der Waals surface area (Å²) in [7, 11) is 0. The molecule has 1 aromatic carbocycles. The second kappa shape index (κ2) is 4.34. The van der Waals surface area contributed by atoms with E-state index >= 15 is 0 Å². The number of aromatic amines is 1. The zero-order valence-electron chi connectivity index (χ0n) is 9.87. The second-order valence-electron chi connectivity index (χ2n) is 4.38. The van der Waals surface area contributed by atoms with E-state index in [2.05, 4.69) is 20.8 Å². The molecule has 1 aliphatic heterocycles. The molecule has 0 aliphatic carbocycles. The van der Waals surface area contributed by atoms with Gasteiger partial charge in [-0.1, -0.05) is 6.07 Å². The number of amides is 2. The van der Waals surface area contributed by atoms with Crippen LogP contribution in [0.2, 0.25) is 0 Å². The number of nitrogens with one attached hydrogen (secondary N) is 3. The maximum Gasteiger partial charge on any atom is 0.248 e. The number of H-pyrrole nitrogens is 1. The van der Waals surface area contributed by atoms with Crippen molar-refractivity contribution in [1.29, 1.82) is 0 Å². The molecule has 7 heteroatoms. The zero-order valence-corrected chi connectivity index (χ0v) is 9.87. The monoisotopic (exact) mass is 262 g/mol. The summed E-state index contributed by atoms with van der Waals surface area (Å²) in [5, 5.41) is 11.8. The Kier molecular flexibility index (Phi) is 2.66. The van der Waals surface area contributed by atoms with Crippen LogP contribution >= 0.6 is 0 Å². The van der Waals surface area contributed by atoms with Gasteiger partial charge in [0.2, 0.25) is 11.8 Å². The van der Waals surface area contributed by atoms with Gasteiger partial charge in [0.1, 0.15) is 11.9 Å². The largest absolute Gasteiger partial charge is 0.344 e. The standard InChI is InChI=1S/C12H11FN4O2/c13-6-2-1-3-7-10(6)11(17-16-7)15-12(19)8-4-5-9(18)14-8/h1-3,8H,4-5H2,(H,14,18)(H2,15,16,17,19). The molecule has 0 bridgehead atoms. The lowest BCUT2D eigenvalue weighted by Crippen LogP contribution is -2.37. The molecule has 1 atom stereocenters. The molecule has 6 nitrogen and oxygen atoms in total. The molecule has 1 aliphatic rings. The first-order chi connectivity index (χ1) is 9.15. The van der Waals surface area contributed by atoms with E-state index in [1.807, 2.05) is 0 Å². The molecule has 1 saturated heterocycles. The molecule has 1 aromatic heterocycles. The number of benzene rings is 1. The van der Waals surface area contributed by atoms with E-state index in [0.717, 1.165) is 0 Å². The number of halogens is 1. The van der Waals surface area contributed by atoms with Gasteiger partial charge < -0.3 is 10.6 Å². The van der Waals surface area contributed by atoms with Crippen molar-refractivity contribution in [3.63, 3.8) is 0 Å². The second-order valence-corrected chi connectivity index (χ2v) is 4.38. The van der Waals surface area contributed by atoms with Gasteiger partial charge in [-0.2, -0.15) is 5.10 Å². The third-order valence-electron chi connectivity index (χ3n) is 3.09. The van der Waals surface area contributed by atoms with Crippen LogP contribution in [0.5, 0.6) is 0 Å². The Hall–Kier alpha value is -2.44. The third kappa shape index (κ3) is 2.03. The van der Waals surface area contributed by atoms with E-state index in [0.29, 0.717) is 18.4 Å². The van der Waals surface area contributed by atoms with Crippen molar-refractivity contribution in [2.75, 3.05) is 5.32 Å². The lowest BCUT2D eigenvalue weighted by molar-refractivity contribution is -0.122. The Labute approximate surface area is 107 Å². The summed E-state index contributed by atoms with van der Waals surface area (Å²) < 4.78 is 13.7. The van der Waals surface area contributed by atoms with Gasteiger partial charge in [-0.15, -0.1) is 0 Å². The van der Waals surface area contributed by atoms with E-state index in [1.165, 1.54) is 6.07 Å². The van der Waals surface area contributed by atoms with Crippen molar-refractivity contribution in [3.8, 4) is 0 Å². The normalized spacial score (nSPS) is 18.6. The van der Waals surface area contributed by atoms with E-state index < -0.39 is 11.9 Å². The first kappa shape index (κ1) is 11.6. The number of anilines is 1. The topological polar surface area (TPSA) is 86.9 Å². The van der Waals surface area contributed by atoms with E-state index in [-0.39, 0.29) is 23.0 Å². The van der Waals surface area contributed by atoms with Crippen LogP contribution in [0.3, 0.4) is 0 Å². The van der Waals surface area contributed by atoms with Crippen LogP contribution in [-0.2, 0) is 9.59 Å². The lowest BCUT2D eigenvalue weighted by atomic mass is 10.2. The molecule has 3 N–H and O–H groups in total. The van der Waals surface area contributed by atoms with Crippen LogP contribution in [0, 0.1) is 5.82 Å². The molecule has 2 heterocycles. The molecule has 1 unspecified atom stereocenters. The summed E-state index contributed by atoms with van der Waals surface area (Å²) in [6, 6.07) is 3.94. The van der Waals surface area contributed by atoms with Crippen LogP contribution in [-0.4, -0.2) is 28.1 Å². The molecule has 1 fully saturated rings. The number of hydrogen-bond acceptors (Lipinski definition) is 3. The van der Waals surface area contributed by atoms with Crippen molar-refractivity contribution < 1.29 is 14.0 Å². The van der Waals surface area contributed by atoms with Crippen molar-refractivity contribution in [1.82, 2.24) is 15.5 Å². The molecule has 0 radical (unpaired) electrons. The summed E-state index contributed by atoms with van der Waals surface area (Å²) >= 11 is 0. The quantitative estimate of drug-likeness (QED) is 0.752. The molecule has 2 aromatic rings. The first-order valence-electron chi connectivity index (χ1n) is 5.88. The smallest absolute Gasteiger partial charge is 0.248 e. The Balaban J connectivity index is 1.85.